The minimum Gasteiger partial charge on any atom is -0.493 e. The highest BCUT2D eigenvalue weighted by Gasteiger charge is 2.32. The second kappa shape index (κ2) is 8.90. The Kier molecular flexibility index (Phi) is 5.79. The van der Waals surface area contributed by atoms with Crippen LogP contribution in [0.3, 0.4) is 0 Å². The molecule has 1 saturated carbocycles. The molecule has 1 unspecified atom stereocenters. The third kappa shape index (κ3) is 4.03. The molecule has 34 heavy (non-hydrogen) atoms. The summed E-state index contributed by atoms with van der Waals surface area (Å²) in [6.45, 7) is 3.47. The van der Waals surface area contributed by atoms with Gasteiger partial charge in [-0.15, -0.1) is 0 Å². The van der Waals surface area contributed by atoms with Crippen LogP contribution in [0.1, 0.15) is 36.5 Å². The molecule has 0 bridgehead atoms. The Hall–Kier alpha value is -3.72. The Labute approximate surface area is 195 Å². The first-order chi connectivity index (χ1) is 16.5. The molecule has 1 heterocycles. The van der Waals surface area contributed by atoms with Gasteiger partial charge in [0.2, 0.25) is 5.91 Å². The average molecular weight is 464 g/mol. The second-order valence-corrected chi connectivity index (χ2v) is 8.53. The van der Waals surface area contributed by atoms with E-state index in [0.29, 0.717) is 65.2 Å². The summed E-state index contributed by atoms with van der Waals surface area (Å²) in [5.41, 5.74) is 2.46. The maximum atomic E-state index is 14.3. The quantitative estimate of drug-likeness (QED) is 0.458. The minimum atomic E-state index is -0.800. The Morgan fingerprint density at radius 2 is 2.09 bits per heavy atom. The number of hydrogen-bond donors (Lipinski definition) is 3. The van der Waals surface area contributed by atoms with Gasteiger partial charge >= 0.3 is 0 Å². The highest BCUT2D eigenvalue weighted by molar-refractivity contribution is 5.93. The van der Waals surface area contributed by atoms with Crippen molar-refractivity contribution in [2.45, 2.75) is 43.9 Å². The lowest BCUT2D eigenvalue weighted by atomic mass is 9.89. The summed E-state index contributed by atoms with van der Waals surface area (Å²) in [6.07, 6.45) is 4.26. The molecule has 3 aromatic rings. The van der Waals surface area contributed by atoms with Gasteiger partial charge in [-0.25, -0.2) is 14.4 Å². The number of methoxy groups -OCH3 is 1. The Morgan fingerprint density at radius 1 is 1.26 bits per heavy atom. The van der Waals surface area contributed by atoms with E-state index in [-0.39, 0.29) is 18.1 Å². The Bertz CT molecular complexity index is 1280. The van der Waals surface area contributed by atoms with Gasteiger partial charge in [0.05, 0.1) is 18.7 Å². The van der Waals surface area contributed by atoms with Gasteiger partial charge in [0.25, 0.3) is 0 Å². The lowest BCUT2D eigenvalue weighted by molar-refractivity contribution is -0.118. The molecule has 8 nitrogen and oxygen atoms in total. The molecule has 1 fully saturated rings. The zero-order valence-electron chi connectivity index (χ0n) is 18.7. The third-order valence-electron chi connectivity index (χ3n) is 6.40. The molecular formula is C25H25FN4O4. The second-order valence-electron chi connectivity index (χ2n) is 8.53. The molecule has 0 spiro atoms. The molecule has 2 aromatic carbocycles. The van der Waals surface area contributed by atoms with Crippen LogP contribution in [0.5, 0.6) is 11.5 Å². The molecule has 176 valence electrons. The van der Waals surface area contributed by atoms with Gasteiger partial charge in [0.1, 0.15) is 24.1 Å². The van der Waals surface area contributed by atoms with Crippen LogP contribution in [0.15, 0.2) is 43.2 Å². The number of nitrogens with one attached hydrogen (secondary N) is 2. The number of halogens is 1. The molecule has 9 heteroatoms. The maximum absolute atomic E-state index is 14.3. The molecule has 1 aromatic heterocycles. The van der Waals surface area contributed by atoms with Crippen LogP contribution in [-0.4, -0.2) is 40.2 Å². The highest BCUT2D eigenvalue weighted by Crippen LogP contribution is 2.41. The van der Waals surface area contributed by atoms with Crippen LogP contribution >= 0.6 is 0 Å². The van der Waals surface area contributed by atoms with Crippen molar-refractivity contribution in [2.24, 2.45) is 0 Å². The number of aliphatic hydroxyl groups is 1. The van der Waals surface area contributed by atoms with Gasteiger partial charge in [-0.2, -0.15) is 0 Å². The lowest BCUT2D eigenvalue weighted by Gasteiger charge is -2.35. The maximum Gasteiger partial charge on any atom is 0.243 e. The largest absolute Gasteiger partial charge is 0.493 e. The number of nitrogens with zero attached hydrogens (tertiary/aromatic N) is 2. The molecule has 0 radical (unpaired) electrons. The topological polar surface area (TPSA) is 106 Å². The summed E-state index contributed by atoms with van der Waals surface area (Å²) >= 11 is 0. The number of aliphatic hydroxyl groups excluding tert-OH is 1. The van der Waals surface area contributed by atoms with E-state index in [9.17, 15) is 14.3 Å². The lowest BCUT2D eigenvalue weighted by Crippen LogP contribution is -2.48. The number of amides is 1. The minimum absolute atomic E-state index is 0.0541. The molecule has 0 saturated heterocycles. The number of anilines is 2. The zero-order valence-corrected chi connectivity index (χ0v) is 18.7. The van der Waals surface area contributed by atoms with Crippen molar-refractivity contribution in [1.82, 2.24) is 15.3 Å². The summed E-state index contributed by atoms with van der Waals surface area (Å²) in [5.74, 6) is 1.03. The number of carbonyl (C=O) groups is 1. The summed E-state index contributed by atoms with van der Waals surface area (Å²) < 4.78 is 25.9. The average Bonchev–Trinajstić information content (AvgIpc) is 3.21. The first kappa shape index (κ1) is 22.1. The van der Waals surface area contributed by atoms with Gasteiger partial charge in [0, 0.05) is 41.6 Å². The fraction of sp³-hybridized carbons (Fsp3) is 0.320. The van der Waals surface area contributed by atoms with Crippen LogP contribution in [-0.2, 0) is 11.2 Å². The molecule has 0 aliphatic heterocycles. The van der Waals surface area contributed by atoms with Crippen molar-refractivity contribution >= 4 is 28.3 Å². The van der Waals surface area contributed by atoms with Gasteiger partial charge in [-0.05, 0) is 42.7 Å². The first-order valence-corrected chi connectivity index (χ1v) is 11.2. The summed E-state index contributed by atoms with van der Waals surface area (Å²) in [4.78, 5) is 20.2. The number of benzene rings is 2. The Balaban J connectivity index is 1.42. The van der Waals surface area contributed by atoms with Crippen molar-refractivity contribution in [3.05, 3.63) is 60.2 Å². The first-order valence-electron chi connectivity index (χ1n) is 11.2. The van der Waals surface area contributed by atoms with E-state index in [2.05, 4.69) is 27.2 Å². The smallest absolute Gasteiger partial charge is 0.243 e. The molecule has 1 atom stereocenters. The van der Waals surface area contributed by atoms with E-state index in [1.165, 1.54) is 18.5 Å². The number of carbonyl (C=O) groups excluding carboxylic acids is 1. The third-order valence-corrected chi connectivity index (χ3v) is 6.40. The molecule has 2 aliphatic rings. The van der Waals surface area contributed by atoms with Gasteiger partial charge < -0.3 is 25.2 Å². The fourth-order valence-electron chi connectivity index (χ4n) is 4.57. The molecule has 3 N–H and O–H groups in total. The summed E-state index contributed by atoms with van der Waals surface area (Å²) in [7, 11) is 1.56. The van der Waals surface area contributed by atoms with Crippen LogP contribution in [0.2, 0.25) is 0 Å². The number of ether oxygens (including phenoxy) is 2. The normalized spacial score (nSPS) is 20.9. The Morgan fingerprint density at radius 3 is 2.85 bits per heavy atom. The van der Waals surface area contributed by atoms with E-state index in [1.807, 2.05) is 6.07 Å². The highest BCUT2D eigenvalue weighted by atomic mass is 19.1. The van der Waals surface area contributed by atoms with E-state index < -0.39 is 11.9 Å². The number of hydrogen-bond acceptors (Lipinski definition) is 7. The van der Waals surface area contributed by atoms with Gasteiger partial charge in [0.15, 0.2) is 11.5 Å². The van der Waals surface area contributed by atoms with Crippen molar-refractivity contribution in [1.29, 1.82) is 0 Å². The predicted octanol–water partition coefficient (Wildman–Crippen LogP) is 3.71. The van der Waals surface area contributed by atoms with Crippen LogP contribution < -0.4 is 20.1 Å². The monoisotopic (exact) mass is 464 g/mol. The standard InChI is InChI=1S/C25H25FN4O4/c1-3-23(32)29-13-8-14(9-13)34-22-10-16-19(11-21(22)33-2)27-12-28-25(16)30-18-6-5-17(26)24-15(18)4-7-20(24)31/h3,5-6,10-14,20,31H,1,4,7-9H2,2H3,(H,29,32)(H,27,28,30). The predicted molar refractivity (Wildman–Crippen MR) is 125 cm³/mol. The van der Waals surface area contributed by atoms with Crippen LogP contribution in [0.4, 0.5) is 15.9 Å². The molecule has 5 rings (SSSR count). The molecule has 2 aliphatic carbocycles. The number of aromatic nitrogens is 2. The number of fused-ring (bicyclic) bond motifs is 2. The van der Waals surface area contributed by atoms with E-state index in [4.69, 9.17) is 9.47 Å². The van der Waals surface area contributed by atoms with Gasteiger partial charge in [-0.1, -0.05) is 6.58 Å². The van der Waals surface area contributed by atoms with Gasteiger partial charge in [-0.3, -0.25) is 4.79 Å². The van der Waals surface area contributed by atoms with Crippen LogP contribution in [0.25, 0.3) is 10.9 Å². The fourth-order valence-corrected chi connectivity index (χ4v) is 4.57. The van der Waals surface area contributed by atoms with Crippen molar-refractivity contribution < 1.29 is 23.8 Å². The molecular weight excluding hydrogens is 439 g/mol. The van der Waals surface area contributed by atoms with Crippen molar-refractivity contribution in [3.63, 3.8) is 0 Å². The van der Waals surface area contributed by atoms with E-state index >= 15 is 0 Å². The van der Waals surface area contributed by atoms with Crippen LogP contribution in [0, 0.1) is 5.82 Å². The zero-order chi connectivity index (χ0) is 23.8. The van der Waals surface area contributed by atoms with E-state index in [1.54, 1.807) is 19.2 Å². The SMILES string of the molecule is C=CC(=O)NC1CC(Oc2cc3c(Nc4ccc(F)c5c4CCC5O)ncnc3cc2OC)C1. The van der Waals surface area contributed by atoms with Crippen molar-refractivity contribution in [3.8, 4) is 11.5 Å². The number of rotatable bonds is 7. The summed E-state index contributed by atoms with van der Waals surface area (Å²) in [5, 5.41) is 17.0. The van der Waals surface area contributed by atoms with E-state index in [0.717, 1.165) is 5.56 Å². The summed E-state index contributed by atoms with van der Waals surface area (Å²) in [6, 6.07) is 6.68. The molecule has 1 amide bonds. The van der Waals surface area contributed by atoms with Crippen molar-refractivity contribution in [2.75, 3.05) is 12.4 Å².